The Bertz CT molecular complexity index is 516. The van der Waals surface area contributed by atoms with E-state index in [-0.39, 0.29) is 11.8 Å². The monoisotopic (exact) mass is 263 g/mol. The molecule has 1 heterocycles. The minimum atomic E-state index is -0.422. The quantitative estimate of drug-likeness (QED) is 0.606. The van der Waals surface area contributed by atoms with E-state index in [1.165, 1.54) is 7.11 Å². The Hall–Kier alpha value is -2.24. The van der Waals surface area contributed by atoms with Crippen molar-refractivity contribution in [1.82, 2.24) is 0 Å². The number of hydrogen-bond donors (Lipinski definition) is 2. The molecule has 0 radical (unpaired) electrons. The Balaban J connectivity index is 2.18. The standard InChI is InChI=1S/C13H17N3O3/c1-19-13(18)8-2-3-11(10(14)6-8)16-5-4-9(7-16)12(15)17/h2-3,6,9H,4-5,7,14H2,1H3,(H2,15,17). The number of esters is 1. The summed E-state index contributed by atoms with van der Waals surface area (Å²) >= 11 is 0. The van der Waals surface area contributed by atoms with Crippen LogP contribution in [0.1, 0.15) is 16.8 Å². The molecule has 19 heavy (non-hydrogen) atoms. The number of hydrogen-bond acceptors (Lipinski definition) is 5. The van der Waals surface area contributed by atoms with Crippen LogP contribution in [-0.2, 0) is 9.53 Å². The smallest absolute Gasteiger partial charge is 0.337 e. The van der Waals surface area contributed by atoms with Crippen LogP contribution in [0.2, 0.25) is 0 Å². The first-order valence-corrected chi connectivity index (χ1v) is 6.05. The lowest BCUT2D eigenvalue weighted by atomic mass is 10.1. The van der Waals surface area contributed by atoms with Crippen LogP contribution in [0.4, 0.5) is 11.4 Å². The number of methoxy groups -OCH3 is 1. The number of carbonyl (C=O) groups excluding carboxylic acids is 2. The summed E-state index contributed by atoms with van der Waals surface area (Å²) < 4.78 is 4.64. The largest absolute Gasteiger partial charge is 0.465 e. The van der Waals surface area contributed by atoms with Gasteiger partial charge in [-0.15, -0.1) is 0 Å². The second-order valence-corrected chi connectivity index (χ2v) is 4.60. The van der Waals surface area contributed by atoms with Gasteiger partial charge in [-0.25, -0.2) is 4.79 Å². The van der Waals surface area contributed by atoms with Crippen molar-refractivity contribution in [3.05, 3.63) is 23.8 Å². The van der Waals surface area contributed by atoms with Crippen LogP contribution in [0.25, 0.3) is 0 Å². The first kappa shape index (κ1) is 13.2. The number of benzene rings is 1. The summed E-state index contributed by atoms with van der Waals surface area (Å²) in [7, 11) is 1.32. The highest BCUT2D eigenvalue weighted by molar-refractivity contribution is 5.92. The molecular formula is C13H17N3O3. The summed E-state index contributed by atoms with van der Waals surface area (Å²) in [4.78, 5) is 24.5. The van der Waals surface area contributed by atoms with Gasteiger partial charge in [0.1, 0.15) is 0 Å². The van der Waals surface area contributed by atoms with Gasteiger partial charge in [0, 0.05) is 13.1 Å². The highest BCUT2D eigenvalue weighted by atomic mass is 16.5. The minimum Gasteiger partial charge on any atom is -0.465 e. The van der Waals surface area contributed by atoms with E-state index in [2.05, 4.69) is 4.74 Å². The summed E-state index contributed by atoms with van der Waals surface area (Å²) in [6.07, 6.45) is 0.730. The van der Waals surface area contributed by atoms with Crippen molar-refractivity contribution in [2.24, 2.45) is 11.7 Å². The van der Waals surface area contributed by atoms with E-state index < -0.39 is 5.97 Å². The molecule has 1 unspecified atom stereocenters. The molecule has 0 spiro atoms. The fraction of sp³-hybridized carbons (Fsp3) is 0.385. The van der Waals surface area contributed by atoms with E-state index in [0.29, 0.717) is 17.8 Å². The van der Waals surface area contributed by atoms with Crippen molar-refractivity contribution in [3.63, 3.8) is 0 Å². The van der Waals surface area contributed by atoms with E-state index in [1.807, 2.05) is 4.90 Å². The van der Waals surface area contributed by atoms with Gasteiger partial charge in [0.05, 0.1) is 30.0 Å². The van der Waals surface area contributed by atoms with Crippen LogP contribution >= 0.6 is 0 Å². The lowest BCUT2D eigenvalue weighted by molar-refractivity contribution is -0.121. The fourth-order valence-electron chi connectivity index (χ4n) is 2.30. The van der Waals surface area contributed by atoms with Crippen LogP contribution in [-0.4, -0.2) is 32.1 Å². The molecule has 0 aromatic heterocycles. The van der Waals surface area contributed by atoms with Crippen molar-refractivity contribution in [2.75, 3.05) is 30.8 Å². The topological polar surface area (TPSA) is 98.6 Å². The number of anilines is 2. The average molecular weight is 263 g/mol. The summed E-state index contributed by atoms with van der Waals surface area (Å²) in [5.41, 5.74) is 13.0. The van der Waals surface area contributed by atoms with Gasteiger partial charge >= 0.3 is 5.97 Å². The molecule has 2 rings (SSSR count). The molecule has 1 amide bonds. The third-order valence-corrected chi connectivity index (χ3v) is 3.38. The Morgan fingerprint density at radius 1 is 1.42 bits per heavy atom. The summed E-state index contributed by atoms with van der Waals surface area (Å²) in [5, 5.41) is 0. The molecule has 1 aliphatic rings. The molecule has 0 saturated carbocycles. The van der Waals surface area contributed by atoms with Crippen LogP contribution in [0.15, 0.2) is 18.2 Å². The average Bonchev–Trinajstić information content (AvgIpc) is 2.87. The molecule has 6 nitrogen and oxygen atoms in total. The summed E-state index contributed by atoms with van der Waals surface area (Å²) in [6.45, 7) is 1.30. The molecule has 1 aromatic carbocycles. The maximum atomic E-state index is 11.4. The Morgan fingerprint density at radius 2 is 2.16 bits per heavy atom. The van der Waals surface area contributed by atoms with Crippen molar-refractivity contribution < 1.29 is 14.3 Å². The summed E-state index contributed by atoms with van der Waals surface area (Å²) in [6, 6.07) is 5.01. The lowest BCUT2D eigenvalue weighted by Gasteiger charge is -2.20. The van der Waals surface area contributed by atoms with Crippen molar-refractivity contribution in [2.45, 2.75) is 6.42 Å². The van der Waals surface area contributed by atoms with Gasteiger partial charge in [-0.05, 0) is 24.6 Å². The van der Waals surface area contributed by atoms with E-state index in [9.17, 15) is 9.59 Å². The van der Waals surface area contributed by atoms with Gasteiger partial charge in [0.25, 0.3) is 0 Å². The molecule has 102 valence electrons. The van der Waals surface area contributed by atoms with Gasteiger partial charge in [-0.3, -0.25) is 4.79 Å². The Morgan fingerprint density at radius 3 is 2.68 bits per heavy atom. The molecule has 6 heteroatoms. The number of rotatable bonds is 3. The predicted molar refractivity (Wildman–Crippen MR) is 71.7 cm³/mol. The van der Waals surface area contributed by atoms with Crippen LogP contribution < -0.4 is 16.4 Å². The van der Waals surface area contributed by atoms with Crippen LogP contribution in [0, 0.1) is 5.92 Å². The van der Waals surface area contributed by atoms with Gasteiger partial charge in [0.15, 0.2) is 0 Å². The Labute approximate surface area is 111 Å². The molecule has 0 bridgehead atoms. The summed E-state index contributed by atoms with van der Waals surface area (Å²) in [5.74, 6) is -0.846. The normalized spacial score (nSPS) is 18.4. The van der Waals surface area contributed by atoms with E-state index in [1.54, 1.807) is 18.2 Å². The Kier molecular flexibility index (Phi) is 3.59. The van der Waals surface area contributed by atoms with Crippen molar-refractivity contribution in [1.29, 1.82) is 0 Å². The van der Waals surface area contributed by atoms with E-state index in [4.69, 9.17) is 11.5 Å². The predicted octanol–water partition coefficient (Wildman–Crippen LogP) is 0.367. The highest BCUT2D eigenvalue weighted by Crippen LogP contribution is 2.29. The zero-order valence-corrected chi connectivity index (χ0v) is 10.8. The van der Waals surface area contributed by atoms with Crippen LogP contribution in [0.5, 0.6) is 0 Å². The van der Waals surface area contributed by atoms with Gasteiger partial charge in [-0.1, -0.05) is 0 Å². The third-order valence-electron chi connectivity index (χ3n) is 3.38. The second kappa shape index (κ2) is 5.17. The van der Waals surface area contributed by atoms with Crippen LogP contribution in [0.3, 0.4) is 0 Å². The molecular weight excluding hydrogens is 246 g/mol. The number of primary amides is 1. The van der Waals surface area contributed by atoms with E-state index in [0.717, 1.165) is 18.7 Å². The molecule has 1 aromatic rings. The van der Waals surface area contributed by atoms with Crippen molar-refractivity contribution >= 4 is 23.3 Å². The maximum absolute atomic E-state index is 11.4. The molecule has 0 aliphatic carbocycles. The SMILES string of the molecule is COC(=O)c1ccc(N2CCC(C(N)=O)C2)c(N)c1. The van der Waals surface area contributed by atoms with Gasteiger partial charge in [0.2, 0.25) is 5.91 Å². The molecule has 1 fully saturated rings. The second-order valence-electron chi connectivity index (χ2n) is 4.60. The highest BCUT2D eigenvalue weighted by Gasteiger charge is 2.27. The molecule has 1 aliphatic heterocycles. The first-order valence-electron chi connectivity index (χ1n) is 6.05. The number of amides is 1. The fourth-order valence-corrected chi connectivity index (χ4v) is 2.30. The van der Waals surface area contributed by atoms with Crippen molar-refractivity contribution in [3.8, 4) is 0 Å². The molecule has 1 atom stereocenters. The zero-order chi connectivity index (χ0) is 14.0. The molecule has 4 N–H and O–H groups in total. The van der Waals surface area contributed by atoms with Gasteiger partial charge in [-0.2, -0.15) is 0 Å². The maximum Gasteiger partial charge on any atom is 0.337 e. The third kappa shape index (κ3) is 2.62. The van der Waals surface area contributed by atoms with E-state index >= 15 is 0 Å². The minimum absolute atomic E-state index is 0.139. The number of nitrogens with two attached hydrogens (primary N) is 2. The molecule has 1 saturated heterocycles. The van der Waals surface area contributed by atoms with Gasteiger partial charge < -0.3 is 21.1 Å². The lowest BCUT2D eigenvalue weighted by Crippen LogP contribution is -2.27. The number of carbonyl (C=O) groups is 2. The number of nitrogen functional groups attached to an aromatic ring is 1. The zero-order valence-electron chi connectivity index (χ0n) is 10.8. The first-order chi connectivity index (χ1) is 9.02. The number of nitrogens with zero attached hydrogens (tertiary/aromatic N) is 1. The number of ether oxygens (including phenoxy) is 1.